The van der Waals surface area contributed by atoms with Crippen LogP contribution in [-0.4, -0.2) is 23.5 Å². The Morgan fingerprint density at radius 1 is 1.28 bits per heavy atom. The maximum atomic E-state index is 12.7. The molecule has 0 aromatic heterocycles. The molecule has 1 aromatic rings. The van der Waals surface area contributed by atoms with Gasteiger partial charge in [0.2, 0.25) is 0 Å². The minimum absolute atomic E-state index is 0.0896. The zero-order valence-corrected chi connectivity index (χ0v) is 10.1. The summed E-state index contributed by atoms with van der Waals surface area (Å²) in [5, 5.41) is 9.87. The van der Waals surface area contributed by atoms with Gasteiger partial charge in [0.15, 0.2) is 5.78 Å². The van der Waals surface area contributed by atoms with Crippen LogP contribution in [0.5, 0.6) is 0 Å². The highest BCUT2D eigenvalue weighted by Gasteiger charge is 2.22. The molecule has 0 saturated heterocycles. The van der Waals surface area contributed by atoms with Gasteiger partial charge >= 0.3 is 5.97 Å². The molecule has 18 heavy (non-hydrogen) atoms. The van der Waals surface area contributed by atoms with Crippen molar-refractivity contribution < 1.29 is 23.8 Å². The van der Waals surface area contributed by atoms with Gasteiger partial charge in [0.25, 0.3) is 0 Å². The monoisotopic (exact) mass is 252 g/mol. The van der Waals surface area contributed by atoms with Crippen LogP contribution in [0, 0.1) is 5.82 Å². The van der Waals surface area contributed by atoms with Crippen molar-refractivity contribution in [3.8, 4) is 0 Å². The van der Waals surface area contributed by atoms with Gasteiger partial charge in [-0.2, -0.15) is 0 Å². The maximum Gasteiger partial charge on any atom is 0.345 e. The number of Topliss-reactive ketones (excluding diaryl/α,β-unsaturated/α-hetero) is 1. The van der Waals surface area contributed by atoms with E-state index in [9.17, 15) is 19.1 Å². The van der Waals surface area contributed by atoms with Crippen LogP contribution in [-0.2, 0) is 14.3 Å². The number of aliphatic hydroxyl groups is 1. The second kappa shape index (κ2) is 5.95. The molecule has 0 heterocycles. The molecule has 0 radical (unpaired) electrons. The number of ether oxygens (including phenoxy) is 1. The second-order valence-electron chi connectivity index (χ2n) is 3.51. The third-order valence-electron chi connectivity index (χ3n) is 2.19. The Labute approximate surface area is 104 Å². The molecule has 0 amide bonds. The van der Waals surface area contributed by atoms with Crippen molar-refractivity contribution in [3.63, 3.8) is 0 Å². The van der Waals surface area contributed by atoms with Crippen LogP contribution in [0.3, 0.4) is 0 Å². The molecule has 0 unspecified atom stereocenters. The summed E-state index contributed by atoms with van der Waals surface area (Å²) < 4.78 is 17.4. The number of benzene rings is 1. The molecule has 0 fully saturated rings. The summed E-state index contributed by atoms with van der Waals surface area (Å²) in [7, 11) is 0. The molecule has 5 heteroatoms. The van der Waals surface area contributed by atoms with Crippen molar-refractivity contribution in [3.05, 3.63) is 41.2 Å². The smallest absolute Gasteiger partial charge is 0.345 e. The molecule has 0 bridgehead atoms. The van der Waals surface area contributed by atoms with Gasteiger partial charge in [-0.05, 0) is 38.1 Å². The van der Waals surface area contributed by atoms with Crippen molar-refractivity contribution in [1.29, 1.82) is 0 Å². The minimum atomic E-state index is -0.896. The first-order valence-electron chi connectivity index (χ1n) is 5.34. The number of carbonyl (C=O) groups excluding carboxylic acids is 2. The van der Waals surface area contributed by atoms with Gasteiger partial charge in [0, 0.05) is 5.56 Å². The highest BCUT2D eigenvalue weighted by atomic mass is 19.1. The van der Waals surface area contributed by atoms with Crippen LogP contribution in [0.2, 0.25) is 0 Å². The fourth-order valence-corrected chi connectivity index (χ4v) is 1.36. The SMILES string of the molecule is CCOC(=O)/C(C(C)=O)=C(\O)c1ccc(F)cc1. The lowest BCUT2D eigenvalue weighted by molar-refractivity contribution is -0.139. The molecule has 0 aliphatic rings. The van der Waals surface area contributed by atoms with Gasteiger partial charge in [-0.15, -0.1) is 0 Å². The Hall–Kier alpha value is -2.17. The van der Waals surface area contributed by atoms with Gasteiger partial charge in [0.05, 0.1) is 6.61 Å². The van der Waals surface area contributed by atoms with Gasteiger partial charge in [0.1, 0.15) is 17.1 Å². The van der Waals surface area contributed by atoms with Gasteiger partial charge < -0.3 is 9.84 Å². The summed E-state index contributed by atoms with van der Waals surface area (Å²) in [6.07, 6.45) is 0. The molecule has 1 rings (SSSR count). The van der Waals surface area contributed by atoms with Crippen LogP contribution in [0.15, 0.2) is 29.8 Å². The second-order valence-corrected chi connectivity index (χ2v) is 3.51. The third-order valence-corrected chi connectivity index (χ3v) is 2.19. The molecule has 96 valence electrons. The lowest BCUT2D eigenvalue weighted by Gasteiger charge is -2.07. The molecule has 4 nitrogen and oxygen atoms in total. The van der Waals surface area contributed by atoms with Crippen molar-refractivity contribution in [2.24, 2.45) is 0 Å². The van der Waals surface area contributed by atoms with E-state index in [1.54, 1.807) is 6.92 Å². The van der Waals surface area contributed by atoms with Crippen LogP contribution in [0.1, 0.15) is 19.4 Å². The molecule has 0 aliphatic carbocycles. The lowest BCUT2D eigenvalue weighted by Crippen LogP contribution is -2.16. The Balaban J connectivity index is 3.23. The number of aliphatic hydroxyl groups excluding tert-OH is 1. The molecule has 0 atom stereocenters. The normalized spacial score (nSPS) is 11.7. The third kappa shape index (κ3) is 3.16. The van der Waals surface area contributed by atoms with E-state index in [4.69, 9.17) is 0 Å². The van der Waals surface area contributed by atoms with E-state index in [0.717, 1.165) is 19.1 Å². The number of hydrogen-bond acceptors (Lipinski definition) is 4. The average molecular weight is 252 g/mol. The summed E-state index contributed by atoms with van der Waals surface area (Å²) in [5.74, 6) is -2.50. The van der Waals surface area contributed by atoms with Gasteiger partial charge in [-0.25, -0.2) is 9.18 Å². The first kappa shape index (κ1) is 13.9. The molecular formula is C13H13FO4. The van der Waals surface area contributed by atoms with Crippen LogP contribution < -0.4 is 0 Å². The van der Waals surface area contributed by atoms with E-state index in [0.29, 0.717) is 0 Å². The largest absolute Gasteiger partial charge is 0.506 e. The average Bonchev–Trinajstić information content (AvgIpc) is 2.29. The Morgan fingerprint density at radius 3 is 2.28 bits per heavy atom. The highest BCUT2D eigenvalue weighted by molar-refractivity contribution is 6.21. The predicted octanol–water partition coefficient (Wildman–Crippen LogP) is 2.25. The van der Waals surface area contributed by atoms with Crippen molar-refractivity contribution in [2.75, 3.05) is 6.61 Å². The Morgan fingerprint density at radius 2 is 1.83 bits per heavy atom. The van der Waals surface area contributed by atoms with E-state index in [2.05, 4.69) is 4.74 Å². The molecule has 0 aliphatic heterocycles. The topological polar surface area (TPSA) is 63.6 Å². The van der Waals surface area contributed by atoms with Crippen molar-refractivity contribution >= 4 is 17.5 Å². The molecule has 1 N–H and O–H groups in total. The van der Waals surface area contributed by atoms with Crippen LogP contribution >= 0.6 is 0 Å². The Bertz CT molecular complexity index is 488. The summed E-state index contributed by atoms with van der Waals surface area (Å²) >= 11 is 0. The fraction of sp³-hybridized carbons (Fsp3) is 0.231. The fourth-order valence-electron chi connectivity index (χ4n) is 1.36. The lowest BCUT2D eigenvalue weighted by atomic mass is 10.1. The maximum absolute atomic E-state index is 12.7. The zero-order valence-electron chi connectivity index (χ0n) is 10.1. The van der Waals surface area contributed by atoms with E-state index in [1.807, 2.05) is 0 Å². The van der Waals surface area contributed by atoms with Crippen molar-refractivity contribution in [1.82, 2.24) is 0 Å². The molecule has 1 aromatic carbocycles. The summed E-state index contributed by atoms with van der Waals surface area (Å²) in [5.41, 5.74) is -0.266. The van der Waals surface area contributed by atoms with E-state index in [1.165, 1.54) is 12.1 Å². The summed E-state index contributed by atoms with van der Waals surface area (Å²) in [6.45, 7) is 2.82. The first-order chi connectivity index (χ1) is 8.47. The number of rotatable bonds is 4. The number of carbonyl (C=O) groups is 2. The zero-order chi connectivity index (χ0) is 13.7. The molecular weight excluding hydrogens is 239 g/mol. The number of esters is 1. The quantitative estimate of drug-likeness (QED) is 0.293. The van der Waals surface area contributed by atoms with Crippen LogP contribution in [0.4, 0.5) is 4.39 Å². The summed E-state index contributed by atoms with van der Waals surface area (Å²) in [4.78, 5) is 22.9. The summed E-state index contributed by atoms with van der Waals surface area (Å²) in [6, 6.07) is 4.78. The van der Waals surface area contributed by atoms with Crippen LogP contribution in [0.25, 0.3) is 5.76 Å². The number of ketones is 1. The minimum Gasteiger partial charge on any atom is -0.506 e. The first-order valence-corrected chi connectivity index (χ1v) is 5.34. The van der Waals surface area contributed by atoms with Gasteiger partial charge in [-0.1, -0.05) is 0 Å². The van der Waals surface area contributed by atoms with Gasteiger partial charge in [-0.3, -0.25) is 4.79 Å². The molecule has 0 saturated carbocycles. The Kier molecular flexibility index (Phi) is 4.59. The molecule has 0 spiro atoms. The van der Waals surface area contributed by atoms with E-state index >= 15 is 0 Å². The van der Waals surface area contributed by atoms with E-state index < -0.39 is 28.9 Å². The predicted molar refractivity (Wildman–Crippen MR) is 63.3 cm³/mol. The highest BCUT2D eigenvalue weighted by Crippen LogP contribution is 2.18. The number of halogens is 1. The number of hydrogen-bond donors (Lipinski definition) is 1. The van der Waals surface area contributed by atoms with E-state index in [-0.39, 0.29) is 12.2 Å². The standard InChI is InChI=1S/C13H13FO4/c1-3-18-13(17)11(8(2)15)12(16)9-4-6-10(14)7-5-9/h4-7,16H,3H2,1-2H3/b12-11-. The van der Waals surface area contributed by atoms with Crippen molar-refractivity contribution in [2.45, 2.75) is 13.8 Å².